The van der Waals surface area contributed by atoms with Gasteiger partial charge in [0, 0.05) is 16.6 Å². The van der Waals surface area contributed by atoms with Gasteiger partial charge >= 0.3 is 0 Å². The van der Waals surface area contributed by atoms with Gasteiger partial charge in [-0.3, -0.25) is 4.99 Å². The third kappa shape index (κ3) is 1.49. The van der Waals surface area contributed by atoms with Crippen LogP contribution in [0.5, 0.6) is 0 Å². The van der Waals surface area contributed by atoms with Crippen molar-refractivity contribution in [1.82, 2.24) is 4.90 Å². The van der Waals surface area contributed by atoms with Crippen LogP contribution >= 0.6 is 27.7 Å². The van der Waals surface area contributed by atoms with Crippen molar-refractivity contribution in [3.05, 3.63) is 34.3 Å². The van der Waals surface area contributed by atoms with Crippen molar-refractivity contribution >= 4 is 32.9 Å². The van der Waals surface area contributed by atoms with Gasteiger partial charge in [-0.05, 0) is 12.1 Å². The summed E-state index contributed by atoms with van der Waals surface area (Å²) in [5.74, 6) is 0.660. The van der Waals surface area contributed by atoms with E-state index in [1.54, 1.807) is 11.8 Å². The predicted molar refractivity (Wildman–Crippen MR) is 69.5 cm³/mol. The molecule has 5 heteroatoms. The number of halogens is 1. The summed E-state index contributed by atoms with van der Waals surface area (Å²) in [7, 11) is 0. The van der Waals surface area contributed by atoms with Gasteiger partial charge in [-0.1, -0.05) is 39.8 Å². The highest BCUT2D eigenvalue weighted by atomic mass is 79.9. The fourth-order valence-electron chi connectivity index (χ4n) is 2.09. The molecule has 1 saturated heterocycles. The third-order valence-corrected chi connectivity index (χ3v) is 4.64. The van der Waals surface area contributed by atoms with Gasteiger partial charge < -0.3 is 10.0 Å². The second-order valence-electron chi connectivity index (χ2n) is 3.93. The molecule has 2 aliphatic heterocycles. The highest BCUT2D eigenvalue weighted by Crippen LogP contribution is 2.40. The highest BCUT2D eigenvalue weighted by molar-refractivity contribution is 9.10. The number of hydrogen-bond acceptors (Lipinski definition) is 4. The molecule has 16 heavy (non-hydrogen) atoms. The summed E-state index contributed by atoms with van der Waals surface area (Å²) >= 11 is 5.04. The van der Waals surface area contributed by atoms with Crippen LogP contribution in [0.1, 0.15) is 5.56 Å². The van der Waals surface area contributed by atoms with Crippen molar-refractivity contribution in [2.45, 2.75) is 5.72 Å². The Balaban J connectivity index is 1.99. The molecule has 1 N–H and O–H groups in total. The Hall–Kier alpha value is -0.520. The Morgan fingerprint density at radius 1 is 1.38 bits per heavy atom. The van der Waals surface area contributed by atoms with Crippen LogP contribution in [0.3, 0.4) is 0 Å². The first-order valence-corrected chi connectivity index (χ1v) is 6.91. The Bertz CT molecular complexity index is 448. The number of nitrogens with zero attached hydrogens (tertiary/aromatic N) is 2. The first-order valence-electron chi connectivity index (χ1n) is 5.13. The van der Waals surface area contributed by atoms with Crippen LogP contribution in [0.2, 0.25) is 0 Å². The van der Waals surface area contributed by atoms with E-state index in [1.807, 2.05) is 29.2 Å². The predicted octanol–water partition coefficient (Wildman–Crippen LogP) is 2.01. The van der Waals surface area contributed by atoms with Gasteiger partial charge in [0.1, 0.15) is 0 Å². The quantitative estimate of drug-likeness (QED) is 0.862. The molecule has 0 spiro atoms. The van der Waals surface area contributed by atoms with E-state index in [-0.39, 0.29) is 0 Å². The molecule has 0 unspecified atom stereocenters. The van der Waals surface area contributed by atoms with E-state index < -0.39 is 5.72 Å². The zero-order chi connectivity index (χ0) is 11.2. The van der Waals surface area contributed by atoms with Crippen LogP contribution in [0.25, 0.3) is 0 Å². The van der Waals surface area contributed by atoms with Gasteiger partial charge in [-0.15, -0.1) is 0 Å². The minimum atomic E-state index is -0.874. The Morgan fingerprint density at radius 2 is 2.12 bits per heavy atom. The maximum atomic E-state index is 10.7. The van der Waals surface area contributed by atoms with Crippen molar-refractivity contribution < 1.29 is 5.11 Å². The van der Waals surface area contributed by atoms with Crippen molar-refractivity contribution in [1.29, 1.82) is 0 Å². The lowest BCUT2D eigenvalue weighted by Gasteiger charge is -2.31. The lowest BCUT2D eigenvalue weighted by Crippen LogP contribution is -2.43. The van der Waals surface area contributed by atoms with Crippen molar-refractivity contribution in [2.75, 3.05) is 18.8 Å². The molecule has 2 aliphatic rings. The standard InChI is InChI=1S/C11H11BrN2OS/c12-9-3-1-8(2-4-9)11(15)7-16-10-13-5-6-14(10)11/h1-4,15H,5-7H2/t11-/m0/s1. The van der Waals surface area contributed by atoms with E-state index >= 15 is 0 Å². The zero-order valence-electron chi connectivity index (χ0n) is 8.56. The molecule has 1 fully saturated rings. The molecule has 1 atom stereocenters. The summed E-state index contributed by atoms with van der Waals surface area (Å²) < 4.78 is 1.03. The molecular formula is C11H11BrN2OS. The number of hydrogen-bond donors (Lipinski definition) is 1. The molecule has 84 valence electrons. The topological polar surface area (TPSA) is 35.8 Å². The van der Waals surface area contributed by atoms with E-state index in [1.165, 1.54) is 0 Å². The Labute approximate surface area is 107 Å². The minimum absolute atomic E-state index is 0.660. The van der Waals surface area contributed by atoms with Crippen LogP contribution < -0.4 is 0 Å². The number of thioether (sulfide) groups is 1. The molecule has 0 amide bonds. The van der Waals surface area contributed by atoms with Crippen LogP contribution in [0, 0.1) is 0 Å². The molecule has 0 radical (unpaired) electrons. The summed E-state index contributed by atoms with van der Waals surface area (Å²) in [5, 5.41) is 11.7. The summed E-state index contributed by atoms with van der Waals surface area (Å²) in [6.45, 7) is 1.61. The number of benzene rings is 1. The Morgan fingerprint density at radius 3 is 2.88 bits per heavy atom. The van der Waals surface area contributed by atoms with E-state index in [4.69, 9.17) is 0 Å². The van der Waals surface area contributed by atoms with E-state index in [0.29, 0.717) is 5.75 Å². The number of aliphatic imine (C=N–C) groups is 1. The van der Waals surface area contributed by atoms with Gasteiger partial charge in [0.05, 0.1) is 12.3 Å². The van der Waals surface area contributed by atoms with Gasteiger partial charge in [-0.25, -0.2) is 0 Å². The number of amidine groups is 1. The van der Waals surface area contributed by atoms with Crippen LogP contribution in [-0.2, 0) is 5.72 Å². The first kappa shape index (κ1) is 10.6. The third-order valence-electron chi connectivity index (χ3n) is 2.96. The molecule has 0 aliphatic carbocycles. The molecule has 3 nitrogen and oxygen atoms in total. The average Bonchev–Trinajstić information content (AvgIpc) is 2.85. The zero-order valence-corrected chi connectivity index (χ0v) is 11.0. The largest absolute Gasteiger partial charge is 0.366 e. The van der Waals surface area contributed by atoms with Gasteiger partial charge in [0.2, 0.25) is 0 Å². The van der Waals surface area contributed by atoms with Gasteiger partial charge in [0.25, 0.3) is 0 Å². The molecule has 2 heterocycles. The summed E-state index contributed by atoms with van der Waals surface area (Å²) in [5.41, 5.74) is 0.0658. The second kappa shape index (κ2) is 3.75. The fraction of sp³-hybridized carbons (Fsp3) is 0.364. The van der Waals surface area contributed by atoms with Crippen molar-refractivity contribution in [2.24, 2.45) is 4.99 Å². The summed E-state index contributed by atoms with van der Waals surface area (Å²) in [6, 6.07) is 7.85. The molecule has 0 saturated carbocycles. The summed E-state index contributed by atoms with van der Waals surface area (Å²) in [6.07, 6.45) is 0. The number of rotatable bonds is 1. The van der Waals surface area contributed by atoms with Gasteiger partial charge in [-0.2, -0.15) is 0 Å². The molecule has 1 aromatic carbocycles. The maximum absolute atomic E-state index is 10.7. The lowest BCUT2D eigenvalue weighted by molar-refractivity contribution is -0.0425. The maximum Gasteiger partial charge on any atom is 0.175 e. The monoisotopic (exact) mass is 298 g/mol. The van der Waals surface area contributed by atoms with E-state index in [2.05, 4.69) is 20.9 Å². The molecule has 0 bridgehead atoms. The number of aliphatic hydroxyl groups is 1. The first-order chi connectivity index (χ1) is 7.70. The molecular weight excluding hydrogens is 288 g/mol. The number of fused-ring (bicyclic) bond motifs is 1. The fourth-order valence-corrected chi connectivity index (χ4v) is 3.59. The van der Waals surface area contributed by atoms with Crippen LogP contribution in [0.4, 0.5) is 0 Å². The van der Waals surface area contributed by atoms with Crippen LogP contribution in [0.15, 0.2) is 33.7 Å². The molecule has 3 rings (SSSR count). The molecule has 0 aromatic heterocycles. The van der Waals surface area contributed by atoms with Crippen molar-refractivity contribution in [3.63, 3.8) is 0 Å². The van der Waals surface area contributed by atoms with E-state index in [9.17, 15) is 5.11 Å². The lowest BCUT2D eigenvalue weighted by atomic mass is 10.0. The minimum Gasteiger partial charge on any atom is -0.366 e. The highest BCUT2D eigenvalue weighted by Gasteiger charge is 2.46. The summed E-state index contributed by atoms with van der Waals surface area (Å²) in [4.78, 5) is 6.37. The average molecular weight is 299 g/mol. The van der Waals surface area contributed by atoms with Crippen molar-refractivity contribution in [3.8, 4) is 0 Å². The Kier molecular flexibility index (Phi) is 2.49. The normalized spacial score (nSPS) is 28.1. The van der Waals surface area contributed by atoms with Gasteiger partial charge in [0.15, 0.2) is 10.9 Å². The second-order valence-corrected chi connectivity index (χ2v) is 5.79. The SMILES string of the molecule is O[C@]1(c2ccc(Br)cc2)CSC2=NCCN21. The van der Waals surface area contributed by atoms with E-state index in [0.717, 1.165) is 28.3 Å². The van der Waals surface area contributed by atoms with Crippen LogP contribution in [-0.4, -0.2) is 34.0 Å². The smallest absolute Gasteiger partial charge is 0.175 e. The molecule has 1 aromatic rings.